The molecule has 148 valence electrons. The maximum Gasteiger partial charge on any atom is 0.263 e. The number of aliphatic imine (C=N–C) groups is 1. The minimum Gasteiger partial charge on any atom is -0.381 e. The number of hydrogen-bond acceptors (Lipinski definition) is 5. The summed E-state index contributed by atoms with van der Waals surface area (Å²) in [5.41, 5.74) is 0.504. The van der Waals surface area contributed by atoms with E-state index in [0.29, 0.717) is 18.7 Å². The minimum absolute atomic E-state index is 0.0686. The molecule has 0 bridgehead atoms. The Bertz CT molecular complexity index is 816. The van der Waals surface area contributed by atoms with Crippen LogP contribution in [0.15, 0.2) is 34.2 Å². The molecule has 1 aliphatic carbocycles. The summed E-state index contributed by atoms with van der Waals surface area (Å²) in [6.45, 7) is 5.74. The van der Waals surface area contributed by atoms with Gasteiger partial charge in [-0.1, -0.05) is 26.0 Å². The van der Waals surface area contributed by atoms with Crippen molar-refractivity contribution in [3.63, 3.8) is 0 Å². The predicted octanol–water partition coefficient (Wildman–Crippen LogP) is 1.68. The second kappa shape index (κ2) is 8.39. The SMILES string of the molecule is CC(C)[C@H](N=C1NS(=O)(=O)c2ccccc21)C(=O)NCCCOCC1CC1. The molecule has 1 aromatic rings. The van der Waals surface area contributed by atoms with Crippen LogP contribution in [0.3, 0.4) is 0 Å². The van der Waals surface area contributed by atoms with Gasteiger partial charge in [0.25, 0.3) is 10.0 Å². The van der Waals surface area contributed by atoms with Crippen molar-refractivity contribution in [2.45, 2.75) is 44.0 Å². The highest BCUT2D eigenvalue weighted by atomic mass is 32.2. The molecule has 1 amide bonds. The Morgan fingerprint density at radius 2 is 2.07 bits per heavy atom. The van der Waals surface area contributed by atoms with Crippen molar-refractivity contribution in [3.05, 3.63) is 29.8 Å². The van der Waals surface area contributed by atoms with Crippen molar-refractivity contribution < 1.29 is 17.9 Å². The van der Waals surface area contributed by atoms with E-state index in [1.54, 1.807) is 18.2 Å². The molecule has 3 rings (SSSR count). The van der Waals surface area contributed by atoms with E-state index in [1.165, 1.54) is 18.9 Å². The molecule has 0 aromatic heterocycles. The van der Waals surface area contributed by atoms with Crippen LogP contribution in [0.25, 0.3) is 0 Å². The number of sulfonamides is 1. The van der Waals surface area contributed by atoms with Crippen LogP contribution in [0.5, 0.6) is 0 Å². The molecule has 1 saturated carbocycles. The Balaban J connectivity index is 1.60. The highest BCUT2D eigenvalue weighted by Gasteiger charge is 2.32. The van der Waals surface area contributed by atoms with Crippen LogP contribution in [0.4, 0.5) is 0 Å². The first-order valence-electron chi connectivity index (χ1n) is 9.44. The number of carbonyl (C=O) groups excluding carboxylic acids is 1. The fourth-order valence-corrected chi connectivity index (χ4v) is 4.14. The van der Waals surface area contributed by atoms with E-state index in [-0.39, 0.29) is 22.6 Å². The third kappa shape index (κ3) is 5.07. The zero-order valence-electron chi connectivity index (χ0n) is 15.8. The van der Waals surface area contributed by atoms with Gasteiger partial charge in [0, 0.05) is 25.3 Å². The van der Waals surface area contributed by atoms with E-state index in [9.17, 15) is 13.2 Å². The molecule has 0 unspecified atom stereocenters. The fraction of sp³-hybridized carbons (Fsp3) is 0.579. The summed E-state index contributed by atoms with van der Waals surface area (Å²) in [4.78, 5) is 17.2. The molecule has 1 aliphatic heterocycles. The summed E-state index contributed by atoms with van der Waals surface area (Å²) in [7, 11) is -3.61. The van der Waals surface area contributed by atoms with Crippen LogP contribution in [-0.2, 0) is 19.6 Å². The molecular weight excluding hydrogens is 366 g/mol. The highest BCUT2D eigenvalue weighted by Crippen LogP contribution is 2.28. The van der Waals surface area contributed by atoms with Crippen molar-refractivity contribution in [2.75, 3.05) is 19.8 Å². The number of benzene rings is 1. The number of rotatable bonds is 9. The third-order valence-electron chi connectivity index (χ3n) is 4.65. The summed E-state index contributed by atoms with van der Waals surface area (Å²) in [5, 5.41) is 2.88. The van der Waals surface area contributed by atoms with Crippen molar-refractivity contribution in [1.29, 1.82) is 0 Å². The van der Waals surface area contributed by atoms with E-state index in [1.807, 2.05) is 13.8 Å². The zero-order chi connectivity index (χ0) is 19.4. The van der Waals surface area contributed by atoms with Gasteiger partial charge in [0.15, 0.2) is 0 Å². The molecule has 7 nitrogen and oxygen atoms in total. The number of nitrogens with zero attached hydrogens (tertiary/aromatic N) is 1. The maximum absolute atomic E-state index is 12.6. The molecule has 1 heterocycles. The summed E-state index contributed by atoms with van der Waals surface area (Å²) in [6.07, 6.45) is 3.27. The number of nitrogens with one attached hydrogen (secondary N) is 2. The standard InChI is InChI=1S/C19H27N3O4S/c1-13(2)17(19(23)20-10-5-11-26-12-14-8-9-14)21-18-15-6-3-4-7-16(15)27(24,25)22-18/h3-4,6-7,13-14,17H,5,8-12H2,1-2H3,(H,20,23)(H,21,22)/t17-/m0/s1. The third-order valence-corrected chi connectivity index (χ3v) is 6.04. The number of amides is 1. The molecule has 0 spiro atoms. The lowest BCUT2D eigenvalue weighted by Crippen LogP contribution is -2.39. The second-order valence-corrected chi connectivity index (χ2v) is 9.08. The molecule has 1 aromatic carbocycles. The van der Waals surface area contributed by atoms with Gasteiger partial charge < -0.3 is 10.1 Å². The minimum atomic E-state index is -3.61. The Labute approximate surface area is 160 Å². The Morgan fingerprint density at radius 1 is 1.33 bits per heavy atom. The Kier molecular flexibility index (Phi) is 6.16. The molecule has 27 heavy (non-hydrogen) atoms. The predicted molar refractivity (Wildman–Crippen MR) is 103 cm³/mol. The van der Waals surface area contributed by atoms with Crippen molar-refractivity contribution >= 4 is 21.8 Å². The summed E-state index contributed by atoms with van der Waals surface area (Å²) in [5.74, 6) is 0.690. The lowest BCUT2D eigenvalue weighted by Gasteiger charge is -2.17. The number of hydrogen-bond donors (Lipinski definition) is 2. The molecule has 8 heteroatoms. The van der Waals surface area contributed by atoms with Crippen LogP contribution in [0.1, 0.15) is 38.7 Å². The molecule has 2 N–H and O–H groups in total. The monoisotopic (exact) mass is 393 g/mol. The Hall–Kier alpha value is -1.93. The van der Waals surface area contributed by atoms with Gasteiger partial charge in [-0.15, -0.1) is 0 Å². The normalized spacial score (nSPS) is 20.3. The number of ether oxygens (including phenoxy) is 1. The van der Waals surface area contributed by atoms with Gasteiger partial charge in [0.2, 0.25) is 5.91 Å². The smallest absolute Gasteiger partial charge is 0.263 e. The number of amidine groups is 1. The van der Waals surface area contributed by atoms with Gasteiger partial charge in [-0.3, -0.25) is 14.5 Å². The molecule has 2 aliphatic rings. The van der Waals surface area contributed by atoms with E-state index < -0.39 is 16.1 Å². The van der Waals surface area contributed by atoms with Crippen molar-refractivity contribution in [3.8, 4) is 0 Å². The second-order valence-electron chi connectivity index (χ2n) is 7.43. The Morgan fingerprint density at radius 3 is 2.78 bits per heavy atom. The zero-order valence-corrected chi connectivity index (χ0v) is 16.6. The van der Waals surface area contributed by atoms with Crippen molar-refractivity contribution in [1.82, 2.24) is 10.0 Å². The molecule has 0 radical (unpaired) electrons. The van der Waals surface area contributed by atoms with E-state index in [2.05, 4.69) is 15.0 Å². The maximum atomic E-state index is 12.6. The first kappa shape index (κ1) is 19.8. The average Bonchev–Trinajstić information content (AvgIpc) is 3.41. The average molecular weight is 394 g/mol. The van der Waals surface area contributed by atoms with Crippen LogP contribution >= 0.6 is 0 Å². The molecular formula is C19H27N3O4S. The lowest BCUT2D eigenvalue weighted by atomic mass is 10.0. The van der Waals surface area contributed by atoms with E-state index in [0.717, 1.165) is 18.9 Å². The highest BCUT2D eigenvalue weighted by molar-refractivity contribution is 7.90. The summed E-state index contributed by atoms with van der Waals surface area (Å²) >= 11 is 0. The largest absolute Gasteiger partial charge is 0.381 e. The topological polar surface area (TPSA) is 96.9 Å². The first-order chi connectivity index (χ1) is 12.9. The van der Waals surface area contributed by atoms with Gasteiger partial charge >= 0.3 is 0 Å². The summed E-state index contributed by atoms with van der Waals surface area (Å²) in [6, 6.07) is 5.98. The quantitative estimate of drug-likeness (QED) is 0.624. The van der Waals surface area contributed by atoms with E-state index >= 15 is 0 Å². The fourth-order valence-electron chi connectivity index (χ4n) is 2.90. The van der Waals surface area contributed by atoms with Crippen LogP contribution < -0.4 is 10.0 Å². The molecule has 0 saturated heterocycles. The van der Waals surface area contributed by atoms with Gasteiger partial charge in [-0.2, -0.15) is 0 Å². The van der Waals surface area contributed by atoms with Gasteiger partial charge in [0.05, 0.1) is 4.90 Å². The molecule has 1 fully saturated rings. The van der Waals surface area contributed by atoms with Crippen LogP contribution in [0, 0.1) is 11.8 Å². The number of carbonyl (C=O) groups is 1. The summed E-state index contributed by atoms with van der Waals surface area (Å²) < 4.78 is 32.4. The first-order valence-corrected chi connectivity index (χ1v) is 10.9. The van der Waals surface area contributed by atoms with Gasteiger partial charge in [0.1, 0.15) is 11.9 Å². The molecule has 1 atom stereocenters. The van der Waals surface area contributed by atoms with Crippen LogP contribution in [0.2, 0.25) is 0 Å². The van der Waals surface area contributed by atoms with Gasteiger partial charge in [-0.25, -0.2) is 8.42 Å². The van der Waals surface area contributed by atoms with Crippen LogP contribution in [-0.4, -0.2) is 46.0 Å². The van der Waals surface area contributed by atoms with Gasteiger partial charge in [-0.05, 0) is 43.2 Å². The number of fused-ring (bicyclic) bond motifs is 1. The van der Waals surface area contributed by atoms with E-state index in [4.69, 9.17) is 4.74 Å². The lowest BCUT2D eigenvalue weighted by molar-refractivity contribution is -0.123. The van der Waals surface area contributed by atoms with Crippen molar-refractivity contribution in [2.24, 2.45) is 16.8 Å².